The summed E-state index contributed by atoms with van der Waals surface area (Å²) in [5, 5.41) is 5.45. The Bertz CT molecular complexity index is 803. The highest BCUT2D eigenvalue weighted by Gasteiger charge is 2.18. The van der Waals surface area contributed by atoms with Crippen molar-refractivity contribution in [2.45, 2.75) is 45.6 Å². The lowest BCUT2D eigenvalue weighted by Crippen LogP contribution is -2.29. The third-order valence-electron chi connectivity index (χ3n) is 4.37. The lowest BCUT2D eigenvalue weighted by molar-refractivity contribution is -0.148. The van der Waals surface area contributed by atoms with Gasteiger partial charge in [0.2, 0.25) is 5.91 Å². The van der Waals surface area contributed by atoms with Crippen LogP contribution < -0.4 is 10.6 Å². The zero-order chi connectivity index (χ0) is 21.1. The molecule has 6 heteroatoms. The maximum Gasteiger partial charge on any atom is 0.308 e. The Kier molecular flexibility index (Phi) is 8.89. The first-order valence-electron chi connectivity index (χ1n) is 9.84. The fourth-order valence-corrected chi connectivity index (χ4v) is 2.89. The molecule has 0 aliphatic carbocycles. The van der Waals surface area contributed by atoms with Crippen LogP contribution in [0.5, 0.6) is 0 Å². The van der Waals surface area contributed by atoms with Crippen molar-refractivity contribution in [3.63, 3.8) is 0 Å². The average molecular weight is 396 g/mol. The quantitative estimate of drug-likeness (QED) is 0.599. The van der Waals surface area contributed by atoms with E-state index >= 15 is 0 Å². The maximum absolute atomic E-state index is 12.2. The van der Waals surface area contributed by atoms with E-state index in [1.54, 1.807) is 0 Å². The molecule has 0 saturated heterocycles. The molecule has 0 saturated carbocycles. The van der Waals surface area contributed by atoms with Crippen molar-refractivity contribution in [3.8, 4) is 0 Å². The minimum absolute atomic E-state index is 0.0526. The van der Waals surface area contributed by atoms with Crippen molar-refractivity contribution >= 4 is 23.5 Å². The minimum Gasteiger partial charge on any atom is -0.455 e. The van der Waals surface area contributed by atoms with Crippen LogP contribution in [0.4, 0.5) is 5.69 Å². The topological polar surface area (TPSA) is 84.5 Å². The molecule has 0 radical (unpaired) electrons. The van der Waals surface area contributed by atoms with E-state index in [4.69, 9.17) is 4.74 Å². The third-order valence-corrected chi connectivity index (χ3v) is 4.37. The van der Waals surface area contributed by atoms with E-state index in [1.807, 2.05) is 54.6 Å². The van der Waals surface area contributed by atoms with Crippen LogP contribution in [0.25, 0.3) is 0 Å². The van der Waals surface area contributed by atoms with E-state index in [1.165, 1.54) is 12.5 Å². The summed E-state index contributed by atoms with van der Waals surface area (Å²) in [6, 6.07) is 16.3. The molecule has 29 heavy (non-hydrogen) atoms. The molecule has 0 aliphatic heterocycles. The summed E-state index contributed by atoms with van der Waals surface area (Å²) in [4.78, 5) is 35.6. The normalized spacial score (nSPS) is 11.4. The molecule has 2 N–H and O–H groups in total. The zero-order valence-corrected chi connectivity index (χ0v) is 16.9. The summed E-state index contributed by atoms with van der Waals surface area (Å²) in [5.41, 5.74) is 2.68. The van der Waals surface area contributed by atoms with E-state index in [9.17, 15) is 14.4 Å². The Morgan fingerprint density at radius 2 is 1.69 bits per heavy atom. The number of esters is 1. The number of rotatable bonds is 10. The van der Waals surface area contributed by atoms with Gasteiger partial charge in [0.15, 0.2) is 6.61 Å². The van der Waals surface area contributed by atoms with Gasteiger partial charge in [0.05, 0.1) is 12.5 Å². The van der Waals surface area contributed by atoms with Crippen molar-refractivity contribution < 1.29 is 19.1 Å². The number of carbonyl (C=O) groups is 3. The molecule has 2 amide bonds. The number of nitrogens with one attached hydrogen (secondary N) is 2. The van der Waals surface area contributed by atoms with Gasteiger partial charge in [0.25, 0.3) is 5.91 Å². The monoisotopic (exact) mass is 396 g/mol. The van der Waals surface area contributed by atoms with E-state index in [-0.39, 0.29) is 18.9 Å². The number of carbonyl (C=O) groups excluding carboxylic acids is 3. The predicted octanol–water partition coefficient (Wildman–Crippen LogP) is 3.78. The molecule has 6 nitrogen and oxygen atoms in total. The first kappa shape index (κ1) is 22.1. The molecule has 0 aliphatic rings. The van der Waals surface area contributed by atoms with Crippen molar-refractivity contribution in [2.75, 3.05) is 11.9 Å². The second kappa shape index (κ2) is 11.6. The smallest absolute Gasteiger partial charge is 0.308 e. The van der Waals surface area contributed by atoms with Crippen LogP contribution in [0.2, 0.25) is 0 Å². The number of hydrogen-bond donors (Lipinski definition) is 2. The van der Waals surface area contributed by atoms with Crippen LogP contribution >= 0.6 is 0 Å². The Morgan fingerprint density at radius 3 is 2.31 bits per heavy atom. The van der Waals surface area contributed by atoms with Gasteiger partial charge in [-0.05, 0) is 36.1 Å². The highest BCUT2D eigenvalue weighted by Crippen LogP contribution is 2.17. The first-order valence-corrected chi connectivity index (χ1v) is 9.84. The Hall–Kier alpha value is -3.15. The van der Waals surface area contributed by atoms with Gasteiger partial charge >= 0.3 is 5.97 Å². The van der Waals surface area contributed by atoms with Crippen molar-refractivity contribution in [1.29, 1.82) is 0 Å². The average Bonchev–Trinajstić information content (AvgIpc) is 2.71. The van der Waals surface area contributed by atoms with E-state index < -0.39 is 17.9 Å². The molecule has 0 unspecified atom stereocenters. The molecule has 1 atom stereocenters. The van der Waals surface area contributed by atoms with Crippen LogP contribution in [0.1, 0.15) is 50.3 Å². The number of ether oxygens (including phenoxy) is 1. The highest BCUT2D eigenvalue weighted by atomic mass is 16.5. The van der Waals surface area contributed by atoms with Crippen molar-refractivity contribution in [2.24, 2.45) is 0 Å². The largest absolute Gasteiger partial charge is 0.455 e. The highest BCUT2D eigenvalue weighted by molar-refractivity contribution is 5.92. The molecule has 0 bridgehead atoms. The van der Waals surface area contributed by atoms with E-state index in [2.05, 4.69) is 17.6 Å². The number of unbranched alkanes of at least 4 members (excludes halogenated alkanes) is 1. The minimum atomic E-state index is -0.558. The molecule has 2 aromatic carbocycles. The fraction of sp³-hybridized carbons (Fsp3) is 0.348. The van der Waals surface area contributed by atoms with Gasteiger partial charge in [0, 0.05) is 12.6 Å². The van der Waals surface area contributed by atoms with E-state index in [0.29, 0.717) is 5.69 Å². The molecule has 0 aromatic heterocycles. The Morgan fingerprint density at radius 1 is 1.00 bits per heavy atom. The van der Waals surface area contributed by atoms with Gasteiger partial charge in [-0.1, -0.05) is 55.8 Å². The van der Waals surface area contributed by atoms with E-state index in [0.717, 1.165) is 24.8 Å². The summed E-state index contributed by atoms with van der Waals surface area (Å²) in [6.45, 7) is 3.16. The van der Waals surface area contributed by atoms with Crippen LogP contribution in [0, 0.1) is 0 Å². The van der Waals surface area contributed by atoms with Gasteiger partial charge < -0.3 is 15.4 Å². The number of amides is 2. The molecule has 154 valence electrons. The number of anilines is 1. The van der Waals surface area contributed by atoms with Gasteiger partial charge in [-0.3, -0.25) is 14.4 Å². The molecule has 0 fully saturated rings. The number of benzene rings is 2. The summed E-state index contributed by atoms with van der Waals surface area (Å²) >= 11 is 0. The summed E-state index contributed by atoms with van der Waals surface area (Å²) < 4.78 is 5.08. The van der Waals surface area contributed by atoms with Gasteiger partial charge in [-0.25, -0.2) is 0 Å². The van der Waals surface area contributed by atoms with Crippen molar-refractivity contribution in [3.05, 3.63) is 65.7 Å². The first-order chi connectivity index (χ1) is 14.0. The third kappa shape index (κ3) is 8.17. The summed E-state index contributed by atoms with van der Waals surface area (Å²) in [7, 11) is 0. The lowest BCUT2D eigenvalue weighted by atomic mass is 10.0. The number of aryl methyl sites for hydroxylation is 1. The Labute approximate surface area is 171 Å². The predicted molar refractivity (Wildman–Crippen MR) is 112 cm³/mol. The molecular formula is C23H28N2O4. The lowest BCUT2D eigenvalue weighted by Gasteiger charge is -2.17. The van der Waals surface area contributed by atoms with Crippen LogP contribution in [-0.2, 0) is 25.5 Å². The fourth-order valence-electron chi connectivity index (χ4n) is 2.89. The SMILES string of the molecule is CCCCc1ccc(NC(=O)COC(=O)C[C@@H](NC(C)=O)c2ccccc2)cc1. The molecule has 2 rings (SSSR count). The maximum atomic E-state index is 12.2. The standard InChI is InChI=1S/C23H28N2O4/c1-3-4-8-18-11-13-20(14-12-18)25-22(27)16-29-23(28)15-21(24-17(2)26)19-9-6-5-7-10-19/h5-7,9-14,21H,3-4,8,15-16H2,1-2H3,(H,24,26)(H,25,27)/t21-/m1/s1. The summed E-state index contributed by atoms with van der Waals surface area (Å²) in [6.07, 6.45) is 3.23. The molecule has 2 aromatic rings. The van der Waals surface area contributed by atoms with Gasteiger partial charge in [-0.2, -0.15) is 0 Å². The second-order valence-corrected chi connectivity index (χ2v) is 6.88. The van der Waals surface area contributed by atoms with Gasteiger partial charge in [-0.15, -0.1) is 0 Å². The van der Waals surface area contributed by atoms with Gasteiger partial charge in [0.1, 0.15) is 0 Å². The Balaban J connectivity index is 1.82. The van der Waals surface area contributed by atoms with Crippen LogP contribution in [0.15, 0.2) is 54.6 Å². The summed E-state index contributed by atoms with van der Waals surface area (Å²) in [5.74, 6) is -1.21. The van der Waals surface area contributed by atoms with Crippen LogP contribution in [-0.4, -0.2) is 24.4 Å². The van der Waals surface area contributed by atoms with Crippen molar-refractivity contribution in [1.82, 2.24) is 5.32 Å². The molecular weight excluding hydrogens is 368 g/mol. The second-order valence-electron chi connectivity index (χ2n) is 6.88. The number of hydrogen-bond acceptors (Lipinski definition) is 4. The zero-order valence-electron chi connectivity index (χ0n) is 16.9. The molecule has 0 heterocycles. The molecule has 0 spiro atoms. The van der Waals surface area contributed by atoms with Crippen LogP contribution in [0.3, 0.4) is 0 Å².